The normalized spacial score (nSPS) is 14.4. The summed E-state index contributed by atoms with van der Waals surface area (Å²) >= 11 is -5.55. The summed E-state index contributed by atoms with van der Waals surface area (Å²) in [4.78, 5) is 0. The number of hydrogen-bond acceptors (Lipinski definition) is 6. The van der Waals surface area contributed by atoms with Crippen LogP contribution in [0.2, 0.25) is 0 Å². The third-order valence-corrected chi connectivity index (χ3v) is 1.80. The third kappa shape index (κ3) is 3.42. The molecule has 0 saturated carbocycles. The van der Waals surface area contributed by atoms with E-state index in [0.717, 1.165) is 0 Å². The summed E-state index contributed by atoms with van der Waals surface area (Å²) in [5.41, 5.74) is 0. The first kappa shape index (κ1) is 11.1. The predicted molar refractivity (Wildman–Crippen MR) is 45.5 cm³/mol. The summed E-state index contributed by atoms with van der Waals surface area (Å²) in [6, 6.07) is 5.47. The summed E-state index contributed by atoms with van der Waals surface area (Å²) in [5, 5.41) is 0. The van der Waals surface area contributed by atoms with Gasteiger partial charge in [-0.25, -0.2) is 8.42 Å². The fourth-order valence-corrected chi connectivity index (χ4v) is 1.30. The monoisotopic (exact) mass is 236 g/mol. The first-order chi connectivity index (χ1) is 6.59. The van der Waals surface area contributed by atoms with Crippen molar-refractivity contribution in [2.24, 2.45) is 0 Å². The number of hydrogen-bond donors (Lipinski definition) is 0. The van der Waals surface area contributed by atoms with Crippen LogP contribution in [0.15, 0.2) is 24.3 Å². The van der Waals surface area contributed by atoms with Crippen molar-refractivity contribution >= 4 is 22.7 Å². The molecule has 14 heavy (non-hydrogen) atoms. The molecular formula is C6H4O6S2-2. The van der Waals surface area contributed by atoms with E-state index in [2.05, 4.69) is 8.37 Å². The smallest absolute Gasteiger partial charge is 0.182 e. The Bertz CT molecular complexity index is 330. The summed E-state index contributed by atoms with van der Waals surface area (Å²) in [5.74, 6) is -0.380. The molecular weight excluding hydrogens is 232 g/mol. The van der Waals surface area contributed by atoms with E-state index in [0.29, 0.717) is 0 Å². The van der Waals surface area contributed by atoms with Crippen LogP contribution in [-0.2, 0) is 22.7 Å². The zero-order chi connectivity index (χ0) is 10.6. The highest BCUT2D eigenvalue weighted by Gasteiger charge is 2.04. The minimum atomic E-state index is -2.77. The lowest BCUT2D eigenvalue weighted by atomic mass is 10.3. The molecule has 8 heteroatoms. The Kier molecular flexibility index (Phi) is 4.01. The summed E-state index contributed by atoms with van der Waals surface area (Å²) in [7, 11) is 0. The van der Waals surface area contributed by atoms with Crippen LogP contribution in [0.3, 0.4) is 0 Å². The Labute approximate surface area is 84.8 Å². The van der Waals surface area contributed by atoms with Crippen molar-refractivity contribution in [1.29, 1.82) is 0 Å². The quantitative estimate of drug-likeness (QED) is 0.684. The largest absolute Gasteiger partial charge is 0.740 e. The Morgan fingerprint density at radius 1 is 0.929 bits per heavy atom. The third-order valence-electron chi connectivity index (χ3n) is 1.16. The van der Waals surface area contributed by atoms with Crippen molar-refractivity contribution in [2.45, 2.75) is 0 Å². The van der Waals surface area contributed by atoms with E-state index in [4.69, 9.17) is 0 Å². The van der Waals surface area contributed by atoms with Gasteiger partial charge in [0, 0.05) is 0 Å². The maximum Gasteiger partial charge on any atom is 0.182 e. The minimum Gasteiger partial charge on any atom is -0.740 e. The molecule has 1 aromatic rings. The lowest BCUT2D eigenvalue weighted by Gasteiger charge is -2.12. The van der Waals surface area contributed by atoms with E-state index in [1.165, 1.54) is 24.3 Å². The number of benzene rings is 1. The Balaban J connectivity index is 2.90. The van der Waals surface area contributed by atoms with Gasteiger partial charge in [0.25, 0.3) is 0 Å². The van der Waals surface area contributed by atoms with Gasteiger partial charge in [0.15, 0.2) is 11.5 Å². The van der Waals surface area contributed by atoms with Crippen molar-refractivity contribution in [3.63, 3.8) is 0 Å². The molecule has 6 nitrogen and oxygen atoms in total. The second-order valence-corrected chi connectivity index (χ2v) is 3.17. The van der Waals surface area contributed by atoms with Gasteiger partial charge in [0.05, 0.1) is 0 Å². The molecule has 0 amide bonds. The Morgan fingerprint density at radius 3 is 1.57 bits per heavy atom. The highest BCUT2D eigenvalue weighted by atomic mass is 32.2. The van der Waals surface area contributed by atoms with Crippen LogP contribution < -0.4 is 8.37 Å². The molecule has 1 aromatic carbocycles. The Morgan fingerprint density at radius 2 is 1.29 bits per heavy atom. The standard InChI is InChI=1S/C6H6O6S2/c7-13(8)11-5-3-1-2-4-6(5)12-14(9)10/h1-4H,(H,7,8)(H,9,10)/p-2. The number of rotatable bonds is 4. The van der Waals surface area contributed by atoms with Crippen LogP contribution in [-0.4, -0.2) is 17.5 Å². The van der Waals surface area contributed by atoms with Crippen LogP contribution in [0.25, 0.3) is 0 Å². The summed E-state index contributed by atoms with van der Waals surface area (Å²) < 4.78 is 49.2. The molecule has 0 fully saturated rings. The molecule has 2 atom stereocenters. The van der Waals surface area contributed by atoms with Crippen molar-refractivity contribution in [2.75, 3.05) is 0 Å². The zero-order valence-electron chi connectivity index (χ0n) is 6.58. The summed E-state index contributed by atoms with van der Waals surface area (Å²) in [6.45, 7) is 0. The van der Waals surface area contributed by atoms with Crippen molar-refractivity contribution in [1.82, 2.24) is 0 Å². The van der Waals surface area contributed by atoms with Crippen LogP contribution >= 0.6 is 0 Å². The first-order valence-corrected chi connectivity index (χ1v) is 5.24. The van der Waals surface area contributed by atoms with Gasteiger partial charge in [0.1, 0.15) is 22.7 Å². The van der Waals surface area contributed by atoms with E-state index in [1.54, 1.807) is 0 Å². The van der Waals surface area contributed by atoms with E-state index < -0.39 is 22.7 Å². The molecule has 2 unspecified atom stereocenters. The second-order valence-electron chi connectivity index (χ2n) is 2.02. The SMILES string of the molecule is O=S([O-])Oc1ccccc1OS(=O)[O-]. The van der Waals surface area contributed by atoms with Gasteiger partial charge in [-0.3, -0.25) is 0 Å². The molecule has 1 rings (SSSR count). The topological polar surface area (TPSA) is 98.7 Å². The van der Waals surface area contributed by atoms with Crippen molar-refractivity contribution < 1.29 is 25.9 Å². The average Bonchev–Trinajstić information content (AvgIpc) is 2.06. The van der Waals surface area contributed by atoms with Crippen LogP contribution in [0.5, 0.6) is 11.5 Å². The molecule has 0 N–H and O–H groups in total. The van der Waals surface area contributed by atoms with Gasteiger partial charge in [-0.1, -0.05) is 12.1 Å². The predicted octanol–water partition coefficient (Wildman–Crippen LogP) is 0.0324. The Hall–Kier alpha value is -0.960. The van der Waals surface area contributed by atoms with E-state index in [1.807, 2.05) is 0 Å². The van der Waals surface area contributed by atoms with Gasteiger partial charge in [-0.2, -0.15) is 0 Å². The fourth-order valence-electron chi connectivity index (χ4n) is 0.734. The highest BCUT2D eigenvalue weighted by Crippen LogP contribution is 2.27. The van der Waals surface area contributed by atoms with E-state index >= 15 is 0 Å². The van der Waals surface area contributed by atoms with Crippen LogP contribution in [0, 0.1) is 0 Å². The van der Waals surface area contributed by atoms with Gasteiger partial charge in [-0.15, -0.1) is 0 Å². The highest BCUT2D eigenvalue weighted by molar-refractivity contribution is 7.74. The molecule has 0 aromatic heterocycles. The number of para-hydroxylation sites is 2. The van der Waals surface area contributed by atoms with Crippen molar-refractivity contribution in [3.8, 4) is 11.5 Å². The lowest BCUT2D eigenvalue weighted by Crippen LogP contribution is -2.03. The van der Waals surface area contributed by atoms with E-state index in [9.17, 15) is 17.5 Å². The minimum absolute atomic E-state index is 0.190. The average molecular weight is 236 g/mol. The lowest BCUT2D eigenvalue weighted by molar-refractivity contribution is 0.411. The molecule has 0 saturated heterocycles. The molecule has 0 aliphatic carbocycles. The van der Waals surface area contributed by atoms with Gasteiger partial charge >= 0.3 is 0 Å². The van der Waals surface area contributed by atoms with E-state index in [-0.39, 0.29) is 11.5 Å². The molecule has 0 aliphatic heterocycles. The van der Waals surface area contributed by atoms with Gasteiger partial charge < -0.3 is 17.5 Å². The van der Waals surface area contributed by atoms with Crippen LogP contribution in [0.1, 0.15) is 0 Å². The maximum atomic E-state index is 10.2. The zero-order valence-corrected chi connectivity index (χ0v) is 8.21. The maximum absolute atomic E-state index is 10.2. The van der Waals surface area contributed by atoms with Crippen molar-refractivity contribution in [3.05, 3.63) is 24.3 Å². The first-order valence-electron chi connectivity index (χ1n) is 3.24. The van der Waals surface area contributed by atoms with Crippen LogP contribution in [0.4, 0.5) is 0 Å². The molecule has 0 bridgehead atoms. The molecule has 0 aliphatic rings. The molecule has 0 spiro atoms. The fraction of sp³-hybridized carbons (Fsp3) is 0. The second kappa shape index (κ2) is 5.05. The molecule has 0 radical (unpaired) electrons. The molecule has 0 heterocycles. The van der Waals surface area contributed by atoms with Gasteiger partial charge in [-0.05, 0) is 12.1 Å². The van der Waals surface area contributed by atoms with Gasteiger partial charge in [0.2, 0.25) is 0 Å². The molecule has 78 valence electrons. The summed E-state index contributed by atoms with van der Waals surface area (Å²) in [6.07, 6.45) is 0.